The second kappa shape index (κ2) is 10.8. The zero-order valence-corrected chi connectivity index (χ0v) is 20.4. The summed E-state index contributed by atoms with van der Waals surface area (Å²) in [5.74, 6) is 1.25. The van der Waals surface area contributed by atoms with Crippen LogP contribution < -0.4 is 24.8 Å². The zero-order valence-electron chi connectivity index (χ0n) is 19.6. The van der Waals surface area contributed by atoms with Crippen molar-refractivity contribution in [3.8, 4) is 29.2 Å². The summed E-state index contributed by atoms with van der Waals surface area (Å²) in [6, 6.07) is 12.5. The molecule has 8 nitrogen and oxygen atoms in total. The van der Waals surface area contributed by atoms with Crippen LogP contribution >= 0.6 is 11.5 Å². The Labute approximate surface area is 211 Å². The lowest BCUT2D eigenvalue weighted by molar-refractivity contribution is 0.288. The molecule has 1 aliphatic carbocycles. The first-order valence-electron chi connectivity index (χ1n) is 11.6. The van der Waals surface area contributed by atoms with E-state index in [1.54, 1.807) is 42.8 Å². The molecule has 2 aromatic carbocycles. The van der Waals surface area contributed by atoms with Crippen LogP contribution in [0, 0.1) is 17.1 Å². The number of aromatic nitrogens is 2. The van der Waals surface area contributed by atoms with Crippen LogP contribution in [-0.4, -0.2) is 35.7 Å². The lowest BCUT2D eigenvalue weighted by Crippen LogP contribution is -2.19. The van der Waals surface area contributed by atoms with Crippen molar-refractivity contribution in [2.45, 2.75) is 25.3 Å². The summed E-state index contributed by atoms with van der Waals surface area (Å²) in [4.78, 5) is 4.41. The van der Waals surface area contributed by atoms with E-state index >= 15 is 0 Å². The van der Waals surface area contributed by atoms with E-state index in [-0.39, 0.29) is 11.3 Å². The minimum Gasteiger partial charge on any atom is -0.493 e. The molecule has 2 aromatic heterocycles. The van der Waals surface area contributed by atoms with Gasteiger partial charge in [-0.2, -0.15) is 9.64 Å². The van der Waals surface area contributed by atoms with E-state index in [0.29, 0.717) is 52.4 Å². The zero-order chi connectivity index (χ0) is 24.9. The summed E-state index contributed by atoms with van der Waals surface area (Å²) < 4.78 is 36.1. The van der Waals surface area contributed by atoms with Crippen LogP contribution in [0.4, 0.5) is 15.8 Å². The topological polar surface area (TPSA) is 101 Å². The van der Waals surface area contributed by atoms with E-state index in [2.05, 4.69) is 26.1 Å². The predicted molar refractivity (Wildman–Crippen MR) is 136 cm³/mol. The first-order chi connectivity index (χ1) is 17.6. The van der Waals surface area contributed by atoms with E-state index in [1.165, 1.54) is 36.6 Å². The third kappa shape index (κ3) is 5.48. The van der Waals surface area contributed by atoms with Gasteiger partial charge in [0.15, 0.2) is 11.5 Å². The summed E-state index contributed by atoms with van der Waals surface area (Å²) in [6.45, 7) is 1.43. The van der Waals surface area contributed by atoms with Gasteiger partial charge in [-0.05, 0) is 55.5 Å². The number of nitriles is 1. The van der Waals surface area contributed by atoms with E-state index in [4.69, 9.17) is 14.2 Å². The molecule has 5 rings (SSSR count). The van der Waals surface area contributed by atoms with Crippen LogP contribution in [0.5, 0.6) is 23.1 Å². The van der Waals surface area contributed by atoms with Crippen LogP contribution in [0.2, 0.25) is 0 Å². The van der Waals surface area contributed by atoms with Gasteiger partial charge in [0.2, 0.25) is 5.88 Å². The molecule has 0 unspecified atom stereocenters. The molecule has 184 valence electrons. The molecule has 2 heterocycles. The Hall–Kier alpha value is -3.94. The largest absolute Gasteiger partial charge is 0.493 e. The molecule has 0 aliphatic heterocycles. The van der Waals surface area contributed by atoms with Crippen molar-refractivity contribution in [2.75, 3.05) is 25.6 Å². The van der Waals surface area contributed by atoms with Crippen LogP contribution in [0.15, 0.2) is 48.0 Å². The lowest BCUT2D eigenvalue weighted by atomic mass is 10.1. The Balaban J connectivity index is 1.39. The lowest BCUT2D eigenvalue weighted by Gasteiger charge is -2.16. The molecule has 2 N–H and O–H groups in total. The molecule has 0 amide bonds. The van der Waals surface area contributed by atoms with Crippen molar-refractivity contribution in [1.82, 2.24) is 14.7 Å². The highest BCUT2D eigenvalue weighted by molar-refractivity contribution is 7.03. The smallest absolute Gasteiger partial charge is 0.230 e. The molecule has 0 saturated heterocycles. The number of pyridine rings is 1. The monoisotopic (exact) mass is 505 g/mol. The van der Waals surface area contributed by atoms with Gasteiger partial charge in [-0.3, -0.25) is 4.98 Å². The maximum atomic E-state index is 15.0. The number of methoxy groups -OCH3 is 1. The molecule has 0 bridgehead atoms. The number of hydrogen-bond acceptors (Lipinski definition) is 9. The van der Waals surface area contributed by atoms with Crippen LogP contribution in [0.25, 0.3) is 10.9 Å². The van der Waals surface area contributed by atoms with Gasteiger partial charge in [0.25, 0.3) is 0 Å². The number of nitrogens with one attached hydrogen (secondary N) is 2. The van der Waals surface area contributed by atoms with Gasteiger partial charge in [-0.15, -0.1) is 0 Å². The first kappa shape index (κ1) is 23.8. The Morgan fingerprint density at radius 1 is 1.19 bits per heavy atom. The van der Waals surface area contributed by atoms with Gasteiger partial charge in [0.1, 0.15) is 17.6 Å². The minimum absolute atomic E-state index is 0.187. The first-order valence-corrected chi connectivity index (χ1v) is 12.4. The number of anilines is 2. The summed E-state index contributed by atoms with van der Waals surface area (Å²) in [5.41, 5.74) is 1.47. The number of fused-ring (bicyclic) bond motifs is 1. The molecule has 36 heavy (non-hydrogen) atoms. The normalized spacial score (nSPS) is 12.8. The highest BCUT2D eigenvalue weighted by atomic mass is 32.1. The molecule has 1 fully saturated rings. The maximum Gasteiger partial charge on any atom is 0.230 e. The van der Waals surface area contributed by atoms with Crippen molar-refractivity contribution in [2.24, 2.45) is 0 Å². The second-order valence-corrected chi connectivity index (χ2v) is 8.98. The van der Waals surface area contributed by atoms with Crippen molar-refractivity contribution in [3.05, 3.63) is 59.4 Å². The van der Waals surface area contributed by atoms with E-state index in [9.17, 15) is 9.65 Å². The molecule has 4 aromatic rings. The SMILES string of the molecule is COc1cc2c(Nc3ccc(Oc4ccsn4)cc3F)c(C#N)cnc2cc1OCCCNC1CC1. The summed E-state index contributed by atoms with van der Waals surface area (Å²) in [7, 11) is 1.55. The third-order valence-corrected chi connectivity index (χ3v) is 6.24. The van der Waals surface area contributed by atoms with Gasteiger partial charge in [0.05, 0.1) is 36.2 Å². The van der Waals surface area contributed by atoms with Crippen molar-refractivity contribution in [1.29, 1.82) is 5.26 Å². The highest BCUT2D eigenvalue weighted by Gasteiger charge is 2.20. The molecular formula is C26H24FN5O3S. The number of rotatable bonds is 11. The van der Waals surface area contributed by atoms with Crippen molar-refractivity contribution >= 4 is 33.8 Å². The average Bonchev–Trinajstić information content (AvgIpc) is 3.58. The van der Waals surface area contributed by atoms with E-state index in [0.717, 1.165) is 13.0 Å². The molecule has 0 spiro atoms. The predicted octanol–water partition coefficient (Wildman–Crippen LogP) is 5.77. The number of benzene rings is 2. The summed E-state index contributed by atoms with van der Waals surface area (Å²) >= 11 is 1.25. The number of ether oxygens (including phenoxy) is 3. The summed E-state index contributed by atoms with van der Waals surface area (Å²) in [6.07, 6.45) is 4.83. The van der Waals surface area contributed by atoms with Crippen LogP contribution in [0.1, 0.15) is 24.8 Å². The molecule has 1 aliphatic rings. The number of halogens is 1. The Morgan fingerprint density at radius 2 is 2.08 bits per heavy atom. The quantitative estimate of drug-likeness (QED) is 0.248. The standard InChI is InChI=1S/C26H24FN5O3S/c1-33-23-12-19-22(13-24(23)34-9-2-8-29-17-3-4-17)30-15-16(14-28)26(19)31-21-6-5-18(11-20(21)27)35-25-7-10-36-32-25/h5-7,10-13,15,17,29H,2-4,8-9H2,1H3,(H,30,31). The second-order valence-electron chi connectivity index (χ2n) is 8.32. The Kier molecular flexibility index (Phi) is 7.11. The van der Waals surface area contributed by atoms with Gasteiger partial charge in [-0.25, -0.2) is 4.39 Å². The van der Waals surface area contributed by atoms with Gasteiger partial charge >= 0.3 is 0 Å². The van der Waals surface area contributed by atoms with Gasteiger partial charge in [0, 0.05) is 41.2 Å². The fraction of sp³-hybridized carbons (Fsp3) is 0.269. The van der Waals surface area contributed by atoms with Gasteiger partial charge in [-0.1, -0.05) is 0 Å². The average molecular weight is 506 g/mol. The van der Waals surface area contributed by atoms with E-state index < -0.39 is 5.82 Å². The minimum atomic E-state index is -0.539. The molecule has 1 saturated carbocycles. The summed E-state index contributed by atoms with van der Waals surface area (Å²) in [5, 5.41) is 18.6. The Bertz CT molecular complexity index is 1400. The molecule has 0 atom stereocenters. The molecular weight excluding hydrogens is 481 g/mol. The molecule has 0 radical (unpaired) electrons. The number of hydrogen-bond donors (Lipinski definition) is 2. The van der Waals surface area contributed by atoms with Crippen molar-refractivity contribution < 1.29 is 18.6 Å². The Morgan fingerprint density at radius 3 is 2.81 bits per heavy atom. The van der Waals surface area contributed by atoms with Crippen molar-refractivity contribution in [3.63, 3.8) is 0 Å². The fourth-order valence-electron chi connectivity index (χ4n) is 3.71. The fourth-order valence-corrected chi connectivity index (χ4v) is 4.15. The number of nitrogens with zero attached hydrogens (tertiary/aromatic N) is 3. The highest BCUT2D eigenvalue weighted by Crippen LogP contribution is 2.38. The molecule has 10 heteroatoms. The van der Waals surface area contributed by atoms with E-state index in [1.807, 2.05) is 0 Å². The van der Waals surface area contributed by atoms with Crippen LogP contribution in [-0.2, 0) is 0 Å². The maximum absolute atomic E-state index is 15.0. The van der Waals surface area contributed by atoms with Crippen LogP contribution in [0.3, 0.4) is 0 Å². The van der Waals surface area contributed by atoms with Gasteiger partial charge < -0.3 is 24.8 Å². The third-order valence-electron chi connectivity index (χ3n) is 5.70.